The first-order valence-corrected chi connectivity index (χ1v) is 7.61. The SMILES string of the molecule is CCCCCc1cn(CCCCCC(C)C)nn1. The van der Waals surface area contributed by atoms with Gasteiger partial charge in [-0.2, -0.15) is 0 Å². The van der Waals surface area contributed by atoms with Crippen LogP contribution in [0.2, 0.25) is 0 Å². The molecule has 0 radical (unpaired) electrons. The van der Waals surface area contributed by atoms with Crippen molar-refractivity contribution in [3.63, 3.8) is 0 Å². The Hall–Kier alpha value is -0.860. The lowest BCUT2D eigenvalue weighted by Gasteiger charge is -2.03. The number of aryl methyl sites for hydroxylation is 2. The summed E-state index contributed by atoms with van der Waals surface area (Å²) in [6, 6.07) is 0. The standard InChI is InChI=1S/C15H29N3/c1-4-5-7-11-15-13-18(17-16-15)12-9-6-8-10-14(2)3/h13-14H,4-12H2,1-3H3. The van der Waals surface area contributed by atoms with Crippen molar-refractivity contribution in [3.05, 3.63) is 11.9 Å². The smallest absolute Gasteiger partial charge is 0.0827 e. The van der Waals surface area contributed by atoms with E-state index in [9.17, 15) is 0 Å². The summed E-state index contributed by atoms with van der Waals surface area (Å²) in [5, 5.41) is 8.42. The molecule has 0 aliphatic rings. The second-order valence-corrected chi connectivity index (χ2v) is 5.67. The molecule has 0 fully saturated rings. The van der Waals surface area contributed by atoms with Gasteiger partial charge in [-0.25, -0.2) is 0 Å². The van der Waals surface area contributed by atoms with Gasteiger partial charge in [0.05, 0.1) is 5.69 Å². The molecule has 1 aromatic rings. The molecule has 3 nitrogen and oxygen atoms in total. The van der Waals surface area contributed by atoms with Crippen LogP contribution < -0.4 is 0 Å². The molecular weight excluding hydrogens is 222 g/mol. The number of hydrogen-bond acceptors (Lipinski definition) is 2. The van der Waals surface area contributed by atoms with E-state index in [-0.39, 0.29) is 0 Å². The first-order chi connectivity index (χ1) is 8.72. The van der Waals surface area contributed by atoms with Crippen LogP contribution in [-0.2, 0) is 13.0 Å². The summed E-state index contributed by atoms with van der Waals surface area (Å²) < 4.78 is 2.01. The van der Waals surface area contributed by atoms with Crippen molar-refractivity contribution in [2.24, 2.45) is 5.92 Å². The molecule has 0 aliphatic carbocycles. The van der Waals surface area contributed by atoms with Gasteiger partial charge >= 0.3 is 0 Å². The number of hydrogen-bond donors (Lipinski definition) is 0. The number of nitrogens with zero attached hydrogens (tertiary/aromatic N) is 3. The predicted molar refractivity (Wildman–Crippen MR) is 76.6 cm³/mol. The molecule has 1 heterocycles. The van der Waals surface area contributed by atoms with Gasteiger partial charge in [-0.05, 0) is 25.2 Å². The zero-order chi connectivity index (χ0) is 13.2. The Bertz CT molecular complexity index is 304. The highest BCUT2D eigenvalue weighted by molar-refractivity contribution is 4.92. The van der Waals surface area contributed by atoms with Crippen molar-refractivity contribution in [2.75, 3.05) is 0 Å². The van der Waals surface area contributed by atoms with Gasteiger partial charge in [-0.3, -0.25) is 4.68 Å². The third kappa shape index (κ3) is 6.77. The highest BCUT2D eigenvalue weighted by atomic mass is 15.4. The van der Waals surface area contributed by atoms with Gasteiger partial charge in [0.1, 0.15) is 0 Å². The minimum absolute atomic E-state index is 0.835. The highest BCUT2D eigenvalue weighted by Gasteiger charge is 2.00. The maximum absolute atomic E-state index is 4.23. The molecule has 0 saturated heterocycles. The molecule has 0 aromatic carbocycles. The predicted octanol–water partition coefficient (Wildman–Crippen LogP) is 4.23. The van der Waals surface area contributed by atoms with Crippen LogP contribution in [0.1, 0.15) is 71.4 Å². The Morgan fingerprint density at radius 2 is 1.94 bits per heavy atom. The minimum atomic E-state index is 0.835. The van der Waals surface area contributed by atoms with E-state index in [1.165, 1.54) is 44.9 Å². The van der Waals surface area contributed by atoms with Crippen LogP contribution >= 0.6 is 0 Å². The molecule has 0 atom stereocenters. The van der Waals surface area contributed by atoms with Crippen molar-refractivity contribution in [2.45, 2.75) is 78.7 Å². The summed E-state index contributed by atoms with van der Waals surface area (Å²) in [5.74, 6) is 0.835. The maximum atomic E-state index is 4.23. The Kier molecular flexibility index (Phi) is 7.70. The second-order valence-electron chi connectivity index (χ2n) is 5.67. The summed E-state index contributed by atoms with van der Waals surface area (Å²) in [4.78, 5) is 0. The van der Waals surface area contributed by atoms with Crippen molar-refractivity contribution in [1.82, 2.24) is 15.0 Å². The van der Waals surface area contributed by atoms with Gasteiger partial charge < -0.3 is 0 Å². The molecule has 0 spiro atoms. The van der Waals surface area contributed by atoms with E-state index in [1.807, 2.05) is 4.68 Å². The maximum Gasteiger partial charge on any atom is 0.0827 e. The fraction of sp³-hybridized carbons (Fsp3) is 0.867. The number of aromatic nitrogens is 3. The summed E-state index contributed by atoms with van der Waals surface area (Å²) in [7, 11) is 0. The second kappa shape index (κ2) is 9.12. The molecular formula is C15H29N3. The van der Waals surface area contributed by atoms with Crippen LogP contribution in [0.3, 0.4) is 0 Å². The quantitative estimate of drug-likeness (QED) is 0.583. The van der Waals surface area contributed by atoms with Crippen molar-refractivity contribution in [1.29, 1.82) is 0 Å². The molecule has 104 valence electrons. The first-order valence-electron chi connectivity index (χ1n) is 7.61. The molecule has 0 amide bonds. The third-order valence-electron chi connectivity index (χ3n) is 3.29. The summed E-state index contributed by atoms with van der Waals surface area (Å²) in [6.45, 7) is 7.84. The largest absolute Gasteiger partial charge is 0.252 e. The lowest BCUT2D eigenvalue weighted by molar-refractivity contribution is 0.487. The molecule has 18 heavy (non-hydrogen) atoms. The summed E-state index contributed by atoms with van der Waals surface area (Å²) in [5.41, 5.74) is 1.16. The minimum Gasteiger partial charge on any atom is -0.252 e. The van der Waals surface area contributed by atoms with Gasteiger partial charge in [0.2, 0.25) is 0 Å². The van der Waals surface area contributed by atoms with Crippen LogP contribution in [0, 0.1) is 5.92 Å². The van der Waals surface area contributed by atoms with Crippen molar-refractivity contribution < 1.29 is 0 Å². The van der Waals surface area contributed by atoms with E-state index in [0.29, 0.717) is 0 Å². The average molecular weight is 251 g/mol. The lowest BCUT2D eigenvalue weighted by Crippen LogP contribution is -1.99. The van der Waals surface area contributed by atoms with E-state index < -0.39 is 0 Å². The molecule has 3 heteroatoms. The molecule has 0 N–H and O–H groups in total. The van der Waals surface area contributed by atoms with Crippen molar-refractivity contribution in [3.8, 4) is 0 Å². The topological polar surface area (TPSA) is 30.7 Å². The lowest BCUT2D eigenvalue weighted by atomic mass is 10.1. The van der Waals surface area contributed by atoms with Crippen LogP contribution in [0.4, 0.5) is 0 Å². The van der Waals surface area contributed by atoms with Crippen LogP contribution in [0.15, 0.2) is 6.20 Å². The van der Waals surface area contributed by atoms with Gasteiger partial charge in [0, 0.05) is 12.7 Å². The molecule has 0 saturated carbocycles. The van der Waals surface area contributed by atoms with Crippen LogP contribution in [0.5, 0.6) is 0 Å². The molecule has 0 aliphatic heterocycles. The van der Waals surface area contributed by atoms with Gasteiger partial charge in [-0.15, -0.1) is 5.10 Å². The fourth-order valence-corrected chi connectivity index (χ4v) is 2.12. The van der Waals surface area contributed by atoms with E-state index in [4.69, 9.17) is 0 Å². The molecule has 1 rings (SSSR count). The fourth-order valence-electron chi connectivity index (χ4n) is 2.12. The highest BCUT2D eigenvalue weighted by Crippen LogP contribution is 2.09. The molecule has 0 unspecified atom stereocenters. The normalized spacial score (nSPS) is 11.3. The summed E-state index contributed by atoms with van der Waals surface area (Å²) in [6.07, 6.45) is 12.2. The molecule has 0 bridgehead atoms. The van der Waals surface area contributed by atoms with E-state index in [1.54, 1.807) is 0 Å². The van der Waals surface area contributed by atoms with E-state index in [0.717, 1.165) is 24.6 Å². The molecule has 1 aromatic heterocycles. The van der Waals surface area contributed by atoms with Gasteiger partial charge in [0.15, 0.2) is 0 Å². The monoisotopic (exact) mass is 251 g/mol. The van der Waals surface area contributed by atoms with Gasteiger partial charge in [-0.1, -0.05) is 58.1 Å². The zero-order valence-corrected chi connectivity index (χ0v) is 12.4. The Morgan fingerprint density at radius 3 is 2.67 bits per heavy atom. The van der Waals surface area contributed by atoms with Crippen molar-refractivity contribution >= 4 is 0 Å². The zero-order valence-electron chi connectivity index (χ0n) is 12.4. The Labute approximate surface area is 112 Å². The third-order valence-corrected chi connectivity index (χ3v) is 3.29. The first kappa shape index (κ1) is 15.2. The summed E-state index contributed by atoms with van der Waals surface area (Å²) >= 11 is 0. The van der Waals surface area contributed by atoms with E-state index >= 15 is 0 Å². The Balaban J connectivity index is 2.11. The van der Waals surface area contributed by atoms with Gasteiger partial charge in [0.25, 0.3) is 0 Å². The Morgan fingerprint density at radius 1 is 1.11 bits per heavy atom. The van der Waals surface area contributed by atoms with Crippen LogP contribution in [0.25, 0.3) is 0 Å². The van der Waals surface area contributed by atoms with Crippen LogP contribution in [-0.4, -0.2) is 15.0 Å². The number of unbranched alkanes of at least 4 members (excludes halogenated alkanes) is 4. The number of rotatable bonds is 10. The average Bonchev–Trinajstić information content (AvgIpc) is 2.77. The van der Waals surface area contributed by atoms with E-state index in [2.05, 4.69) is 37.3 Å².